The number of aryl methyl sites for hydroxylation is 1. The van der Waals surface area contributed by atoms with E-state index in [4.69, 9.17) is 0 Å². The van der Waals surface area contributed by atoms with Crippen LogP contribution in [0.4, 0.5) is 0 Å². The van der Waals surface area contributed by atoms with Crippen molar-refractivity contribution in [3.05, 3.63) is 104 Å². The first-order valence-electron chi connectivity index (χ1n) is 10.6. The zero-order valence-corrected chi connectivity index (χ0v) is 22.7. The summed E-state index contributed by atoms with van der Waals surface area (Å²) in [7, 11) is 0. The van der Waals surface area contributed by atoms with Gasteiger partial charge in [0.25, 0.3) is 11.8 Å². The van der Waals surface area contributed by atoms with E-state index in [-0.39, 0.29) is 55.0 Å². The highest BCUT2D eigenvalue weighted by atomic mass is 35.5. The summed E-state index contributed by atoms with van der Waals surface area (Å²) in [6, 6.07) is 13.8. The maximum Gasteiger partial charge on any atom is 0.275 e. The molecule has 2 N–H and O–H groups in total. The number of nitrogens with zero attached hydrogens (tertiary/aromatic N) is 2. The molecule has 4 aromatic rings. The van der Waals surface area contributed by atoms with Crippen molar-refractivity contribution in [2.24, 2.45) is 0 Å². The number of nitrogens with one attached hydrogen (secondary N) is 2. The Balaban J connectivity index is 0.00000241. The van der Waals surface area contributed by atoms with Gasteiger partial charge < -0.3 is 24.8 Å². The minimum Gasteiger partial charge on any atom is -1.00 e. The van der Waals surface area contributed by atoms with Gasteiger partial charge in [-0.1, -0.05) is 12.1 Å². The number of amides is 2. The molecule has 0 bridgehead atoms. The Morgan fingerprint density at radius 3 is 1.86 bits per heavy atom. The van der Waals surface area contributed by atoms with E-state index in [1.165, 1.54) is 22.7 Å². The quantitative estimate of drug-likeness (QED) is 0.129. The summed E-state index contributed by atoms with van der Waals surface area (Å²) in [4.78, 5) is 51.3. The highest BCUT2D eigenvalue weighted by molar-refractivity contribution is 7.12. The molecular weight excluding hydrogens is 555 g/mol. The van der Waals surface area contributed by atoms with E-state index < -0.39 is 11.8 Å². The number of ketones is 2. The fourth-order valence-corrected chi connectivity index (χ4v) is 4.60. The molecule has 12 heteroatoms. The molecule has 0 aromatic carbocycles. The minimum atomic E-state index is -0.524. The molecule has 0 aliphatic rings. The third-order valence-corrected chi connectivity index (χ3v) is 6.98. The maximum absolute atomic E-state index is 12.6. The van der Waals surface area contributed by atoms with E-state index in [1.807, 2.05) is 29.8 Å². The summed E-state index contributed by atoms with van der Waals surface area (Å²) >= 11 is 2.73. The predicted molar refractivity (Wildman–Crippen MR) is 130 cm³/mol. The number of carbonyl (C=O) groups excluding carboxylic acids is 4. The average Bonchev–Trinajstić information content (AvgIpc) is 3.58. The van der Waals surface area contributed by atoms with E-state index in [9.17, 15) is 19.2 Å². The number of aromatic nitrogens is 2. The van der Waals surface area contributed by atoms with Crippen molar-refractivity contribution in [1.82, 2.24) is 10.9 Å². The van der Waals surface area contributed by atoms with Gasteiger partial charge in [0.15, 0.2) is 24.3 Å². The van der Waals surface area contributed by atoms with Crippen LogP contribution in [-0.2, 0) is 13.1 Å². The molecule has 0 spiro atoms. The monoisotopic (exact) mass is 576 g/mol. The van der Waals surface area contributed by atoms with Crippen molar-refractivity contribution in [2.45, 2.75) is 20.0 Å². The molecule has 0 aliphatic heterocycles. The van der Waals surface area contributed by atoms with Crippen LogP contribution in [0.2, 0.25) is 0 Å². The highest BCUT2D eigenvalue weighted by Crippen LogP contribution is 2.10. The van der Waals surface area contributed by atoms with Crippen molar-refractivity contribution in [3.63, 3.8) is 0 Å². The normalized spacial score (nSPS) is 9.97. The van der Waals surface area contributed by atoms with E-state index in [1.54, 1.807) is 64.1 Å². The van der Waals surface area contributed by atoms with E-state index in [0.717, 1.165) is 5.69 Å². The van der Waals surface area contributed by atoms with Gasteiger partial charge in [-0.2, -0.15) is 9.13 Å². The van der Waals surface area contributed by atoms with Gasteiger partial charge in [-0.3, -0.25) is 30.0 Å². The first-order chi connectivity index (χ1) is 16.9. The number of thiophene rings is 2. The average molecular weight is 578 g/mol. The predicted octanol–water partition coefficient (Wildman–Crippen LogP) is -3.46. The lowest BCUT2D eigenvalue weighted by atomic mass is 10.2. The molecule has 0 fully saturated rings. The van der Waals surface area contributed by atoms with Gasteiger partial charge >= 0.3 is 0 Å². The third kappa shape index (κ3) is 7.77. The standard InChI is InChI=1S/C25H20N4O4S2.2ClH/c1-17-8-9-19(14-29(17)16-21(31)23-7-4-12-35-23)25(33)27-26-24(32)18-5-2-10-28(13-18)15-20(30)22-6-3-11-34-22;;/h2-14H,15-16H2,1H3;2*1H. The van der Waals surface area contributed by atoms with Gasteiger partial charge in [0, 0.05) is 19.1 Å². The number of pyridine rings is 2. The Hall–Kier alpha value is -3.44. The Kier molecular flexibility index (Phi) is 11.1. The number of hydrogen-bond donors (Lipinski definition) is 2. The van der Waals surface area contributed by atoms with Crippen molar-refractivity contribution in [2.75, 3.05) is 0 Å². The summed E-state index contributed by atoms with van der Waals surface area (Å²) in [6.45, 7) is 2.05. The topological polar surface area (TPSA) is 100 Å². The lowest BCUT2D eigenvalue weighted by molar-refractivity contribution is -0.689. The van der Waals surface area contributed by atoms with Crippen LogP contribution in [0.1, 0.15) is 45.8 Å². The van der Waals surface area contributed by atoms with E-state index >= 15 is 0 Å². The van der Waals surface area contributed by atoms with Gasteiger partial charge in [0.1, 0.15) is 11.1 Å². The van der Waals surface area contributed by atoms with Crippen molar-refractivity contribution >= 4 is 46.1 Å². The molecule has 4 aromatic heterocycles. The molecule has 0 radical (unpaired) electrons. The fourth-order valence-electron chi connectivity index (χ4n) is 3.29. The second-order valence-corrected chi connectivity index (χ2v) is 9.56. The van der Waals surface area contributed by atoms with E-state index in [0.29, 0.717) is 15.3 Å². The lowest BCUT2D eigenvalue weighted by Gasteiger charge is -2.07. The summed E-state index contributed by atoms with van der Waals surface area (Å²) < 4.78 is 3.32. The zero-order chi connectivity index (χ0) is 24.8. The molecule has 37 heavy (non-hydrogen) atoms. The third-order valence-electron chi connectivity index (χ3n) is 5.16. The first kappa shape index (κ1) is 29.8. The second kappa shape index (κ2) is 13.8. The van der Waals surface area contributed by atoms with Crippen LogP contribution >= 0.6 is 22.7 Å². The Bertz CT molecular complexity index is 1390. The molecular formula is C25H22Cl2N4O4S2. The second-order valence-electron chi connectivity index (χ2n) is 7.66. The number of halogens is 2. The lowest BCUT2D eigenvalue weighted by Crippen LogP contribution is -3.00. The fraction of sp³-hybridized carbons (Fsp3) is 0.120. The van der Waals surface area contributed by atoms with E-state index in [2.05, 4.69) is 10.9 Å². The van der Waals surface area contributed by atoms with Gasteiger partial charge in [-0.05, 0) is 35.0 Å². The molecule has 8 nitrogen and oxygen atoms in total. The molecule has 0 unspecified atom stereocenters. The summed E-state index contributed by atoms with van der Waals surface area (Å²) in [6.07, 6.45) is 4.82. The van der Waals surface area contributed by atoms with Crippen LogP contribution in [0.3, 0.4) is 0 Å². The number of rotatable bonds is 8. The Morgan fingerprint density at radius 1 is 0.730 bits per heavy atom. The van der Waals surface area contributed by atoms with Crippen LogP contribution in [0.25, 0.3) is 0 Å². The summed E-state index contributed by atoms with van der Waals surface area (Å²) in [5, 5.41) is 3.68. The van der Waals surface area contributed by atoms with Gasteiger partial charge in [-0.15, -0.1) is 22.7 Å². The number of Topliss-reactive ketones (excluding diaryl/α,β-unsaturated/α-hetero) is 2. The van der Waals surface area contributed by atoms with Crippen LogP contribution in [0.5, 0.6) is 0 Å². The largest absolute Gasteiger partial charge is 1.00 e. The zero-order valence-electron chi connectivity index (χ0n) is 19.5. The minimum absolute atomic E-state index is 0. The van der Waals surface area contributed by atoms with Crippen LogP contribution in [0, 0.1) is 6.92 Å². The first-order valence-corrected chi connectivity index (χ1v) is 12.4. The van der Waals surface area contributed by atoms with Crippen molar-refractivity contribution in [3.8, 4) is 0 Å². The van der Waals surface area contributed by atoms with Crippen LogP contribution in [-0.4, -0.2) is 23.4 Å². The maximum atomic E-state index is 12.6. The molecule has 0 saturated carbocycles. The summed E-state index contributed by atoms with van der Waals surface area (Å²) in [5.74, 6) is -1.15. The number of hydrogen-bond acceptors (Lipinski definition) is 6. The summed E-state index contributed by atoms with van der Waals surface area (Å²) in [5.41, 5.74) is 6.19. The molecule has 2 amide bonds. The molecule has 4 heterocycles. The van der Waals surface area contributed by atoms with Crippen LogP contribution in [0.15, 0.2) is 77.9 Å². The molecule has 0 atom stereocenters. The number of hydrazine groups is 1. The molecule has 0 saturated heterocycles. The SMILES string of the molecule is Cc1ccc(C(=O)NNC(=O)c2ccc[n+](CC(=O)c3cccs3)c2)c[n+]1CC(=O)c1cccs1.[Cl-].[Cl-]. The van der Waals surface area contributed by atoms with Gasteiger partial charge in [0.2, 0.25) is 24.7 Å². The Morgan fingerprint density at radius 2 is 1.30 bits per heavy atom. The highest BCUT2D eigenvalue weighted by Gasteiger charge is 2.20. The molecule has 192 valence electrons. The van der Waals surface area contributed by atoms with Crippen LogP contribution < -0.4 is 44.8 Å². The van der Waals surface area contributed by atoms with Gasteiger partial charge in [-0.25, -0.2) is 0 Å². The van der Waals surface area contributed by atoms with Gasteiger partial charge in [0.05, 0.1) is 9.75 Å². The van der Waals surface area contributed by atoms with Crippen molar-refractivity contribution < 1.29 is 53.1 Å². The van der Waals surface area contributed by atoms with Crippen molar-refractivity contribution in [1.29, 1.82) is 0 Å². The molecule has 0 aliphatic carbocycles. The molecule has 4 rings (SSSR count). The number of carbonyl (C=O) groups is 4. The smallest absolute Gasteiger partial charge is 0.275 e. The Labute approximate surface area is 233 Å².